The summed E-state index contributed by atoms with van der Waals surface area (Å²) in [5.41, 5.74) is 0. The molecule has 0 saturated carbocycles. The van der Waals surface area contributed by atoms with Crippen molar-refractivity contribution in [2.75, 3.05) is 19.1 Å². The van der Waals surface area contributed by atoms with Crippen LogP contribution in [0.3, 0.4) is 0 Å². The lowest BCUT2D eigenvalue weighted by atomic mass is 10.2. The summed E-state index contributed by atoms with van der Waals surface area (Å²) in [6.07, 6.45) is 3.36. The average molecular weight is 303 g/mol. The molecule has 4 nitrogen and oxygen atoms in total. The number of carbonyl (C=O) groups excluding carboxylic acids is 1. The van der Waals surface area contributed by atoms with E-state index in [-0.39, 0.29) is 17.7 Å². The summed E-state index contributed by atoms with van der Waals surface area (Å²) in [6, 6.07) is 3.79. The lowest BCUT2D eigenvalue weighted by Crippen LogP contribution is -2.39. The first kappa shape index (κ1) is 16.2. The number of sulfone groups is 1. The number of thiophene rings is 1. The maximum Gasteiger partial charge on any atom is 0.222 e. The minimum atomic E-state index is -3.05. The van der Waals surface area contributed by atoms with Crippen LogP contribution in [0.1, 0.15) is 24.6 Å². The van der Waals surface area contributed by atoms with Gasteiger partial charge in [-0.3, -0.25) is 4.79 Å². The molecule has 1 amide bonds. The number of aryl methyl sites for hydroxylation is 1. The summed E-state index contributed by atoms with van der Waals surface area (Å²) in [5, 5.41) is 2.03. The van der Waals surface area contributed by atoms with Crippen molar-refractivity contribution in [1.29, 1.82) is 0 Å². The molecule has 0 aromatic carbocycles. The molecule has 108 valence electrons. The van der Waals surface area contributed by atoms with Gasteiger partial charge in [0, 0.05) is 30.6 Å². The fourth-order valence-corrected chi connectivity index (χ4v) is 3.69. The van der Waals surface area contributed by atoms with Gasteiger partial charge in [0.05, 0.1) is 5.75 Å². The van der Waals surface area contributed by atoms with Crippen LogP contribution in [0.5, 0.6) is 0 Å². The second-order valence-electron chi connectivity index (χ2n) is 4.88. The molecule has 0 fully saturated rings. The zero-order chi connectivity index (χ0) is 14.5. The van der Waals surface area contributed by atoms with Crippen LogP contribution in [0, 0.1) is 0 Å². The average Bonchev–Trinajstić information content (AvgIpc) is 2.78. The van der Waals surface area contributed by atoms with Crippen LogP contribution in [-0.2, 0) is 21.1 Å². The largest absolute Gasteiger partial charge is 0.342 e. The Balaban J connectivity index is 2.36. The summed E-state index contributed by atoms with van der Waals surface area (Å²) < 4.78 is 22.4. The third-order valence-electron chi connectivity index (χ3n) is 2.99. The van der Waals surface area contributed by atoms with Gasteiger partial charge in [-0.05, 0) is 31.2 Å². The molecule has 6 heteroatoms. The minimum Gasteiger partial charge on any atom is -0.342 e. The summed E-state index contributed by atoms with van der Waals surface area (Å²) in [7, 11) is -1.38. The number of carbonyl (C=O) groups is 1. The van der Waals surface area contributed by atoms with E-state index >= 15 is 0 Å². The highest BCUT2D eigenvalue weighted by molar-refractivity contribution is 7.90. The Bertz CT molecular complexity index is 494. The minimum absolute atomic E-state index is 0.00714. The Kier molecular flexibility index (Phi) is 6.00. The summed E-state index contributed by atoms with van der Waals surface area (Å²) in [5.74, 6) is 0.0212. The van der Waals surface area contributed by atoms with Gasteiger partial charge in [0.15, 0.2) is 0 Å². The molecule has 1 atom stereocenters. The van der Waals surface area contributed by atoms with Crippen molar-refractivity contribution in [2.24, 2.45) is 0 Å². The highest BCUT2D eigenvalue weighted by Crippen LogP contribution is 2.13. The molecule has 0 aliphatic heterocycles. The van der Waals surface area contributed by atoms with E-state index in [0.29, 0.717) is 6.42 Å². The topological polar surface area (TPSA) is 54.5 Å². The first-order valence-corrected chi connectivity index (χ1v) is 9.19. The molecular formula is C13H21NO3S2. The normalized spacial score (nSPS) is 13.2. The van der Waals surface area contributed by atoms with Crippen molar-refractivity contribution in [3.63, 3.8) is 0 Å². The van der Waals surface area contributed by atoms with Crippen molar-refractivity contribution in [1.82, 2.24) is 4.90 Å². The number of hydrogen-bond acceptors (Lipinski definition) is 4. The second kappa shape index (κ2) is 7.05. The molecule has 1 unspecified atom stereocenters. The van der Waals surface area contributed by atoms with Crippen molar-refractivity contribution in [3.05, 3.63) is 22.4 Å². The molecule has 0 bridgehead atoms. The summed E-state index contributed by atoms with van der Waals surface area (Å²) >= 11 is 1.69. The van der Waals surface area contributed by atoms with E-state index in [1.807, 2.05) is 11.4 Å². The van der Waals surface area contributed by atoms with Gasteiger partial charge in [0.25, 0.3) is 0 Å². The molecule has 0 saturated heterocycles. The monoisotopic (exact) mass is 303 g/mol. The Morgan fingerprint density at radius 1 is 1.47 bits per heavy atom. The van der Waals surface area contributed by atoms with E-state index in [1.165, 1.54) is 16.0 Å². The van der Waals surface area contributed by atoms with Gasteiger partial charge >= 0.3 is 0 Å². The predicted molar refractivity (Wildman–Crippen MR) is 79.2 cm³/mol. The first-order valence-electron chi connectivity index (χ1n) is 6.25. The van der Waals surface area contributed by atoms with Crippen LogP contribution >= 0.6 is 11.3 Å². The molecular weight excluding hydrogens is 282 g/mol. The molecule has 0 aliphatic carbocycles. The third-order valence-corrected chi connectivity index (χ3v) is 5.02. The van der Waals surface area contributed by atoms with Crippen LogP contribution in [0.4, 0.5) is 0 Å². The smallest absolute Gasteiger partial charge is 0.222 e. The molecule has 0 N–H and O–H groups in total. The lowest BCUT2D eigenvalue weighted by Gasteiger charge is -2.24. The van der Waals surface area contributed by atoms with Gasteiger partial charge in [-0.25, -0.2) is 8.42 Å². The van der Waals surface area contributed by atoms with Crippen LogP contribution in [0.25, 0.3) is 0 Å². The zero-order valence-corrected chi connectivity index (χ0v) is 13.3. The standard InChI is InChI=1S/C13H21NO3S2/c1-11(10-19(3,16)17)14(2)13(15)8-4-6-12-7-5-9-18-12/h5,7,9,11H,4,6,8,10H2,1-3H3. The Morgan fingerprint density at radius 2 is 2.16 bits per heavy atom. The second-order valence-corrected chi connectivity index (χ2v) is 8.10. The zero-order valence-electron chi connectivity index (χ0n) is 11.6. The van der Waals surface area contributed by atoms with Crippen LogP contribution in [0.2, 0.25) is 0 Å². The van der Waals surface area contributed by atoms with E-state index in [2.05, 4.69) is 6.07 Å². The van der Waals surface area contributed by atoms with Gasteiger partial charge in [-0.2, -0.15) is 0 Å². The number of amides is 1. The van der Waals surface area contributed by atoms with E-state index in [9.17, 15) is 13.2 Å². The van der Waals surface area contributed by atoms with E-state index in [0.717, 1.165) is 12.8 Å². The Hall–Kier alpha value is -0.880. The van der Waals surface area contributed by atoms with E-state index < -0.39 is 9.84 Å². The van der Waals surface area contributed by atoms with Crippen LogP contribution < -0.4 is 0 Å². The maximum atomic E-state index is 11.9. The number of rotatable bonds is 7. The fourth-order valence-electron chi connectivity index (χ4n) is 1.84. The third kappa shape index (κ3) is 6.20. The predicted octanol–water partition coefficient (Wildman–Crippen LogP) is 1.96. The Labute approximate surface area is 119 Å². The molecule has 0 aliphatic rings. The van der Waals surface area contributed by atoms with Gasteiger partial charge in [-0.1, -0.05) is 6.07 Å². The molecule has 0 spiro atoms. The highest BCUT2D eigenvalue weighted by atomic mass is 32.2. The number of hydrogen-bond donors (Lipinski definition) is 0. The van der Waals surface area contributed by atoms with Crippen LogP contribution in [0.15, 0.2) is 17.5 Å². The fraction of sp³-hybridized carbons (Fsp3) is 0.615. The Morgan fingerprint density at radius 3 is 2.68 bits per heavy atom. The van der Waals surface area contributed by atoms with Gasteiger partial charge in [-0.15, -0.1) is 11.3 Å². The molecule has 0 radical (unpaired) electrons. The molecule has 1 rings (SSSR count). The summed E-state index contributed by atoms with van der Waals surface area (Å²) in [4.78, 5) is 14.7. The molecule has 1 aromatic heterocycles. The molecule has 19 heavy (non-hydrogen) atoms. The van der Waals surface area contributed by atoms with E-state index in [1.54, 1.807) is 25.3 Å². The quantitative estimate of drug-likeness (QED) is 0.774. The molecule has 1 heterocycles. The maximum absolute atomic E-state index is 11.9. The van der Waals surface area contributed by atoms with Crippen molar-refractivity contribution in [2.45, 2.75) is 32.2 Å². The van der Waals surface area contributed by atoms with E-state index in [4.69, 9.17) is 0 Å². The van der Waals surface area contributed by atoms with Crippen molar-refractivity contribution < 1.29 is 13.2 Å². The lowest BCUT2D eigenvalue weighted by molar-refractivity contribution is -0.131. The van der Waals surface area contributed by atoms with Crippen LogP contribution in [-0.4, -0.2) is 44.3 Å². The number of nitrogens with zero attached hydrogens (tertiary/aromatic N) is 1. The molecule has 1 aromatic rings. The van der Waals surface area contributed by atoms with Gasteiger partial charge in [0.1, 0.15) is 9.84 Å². The van der Waals surface area contributed by atoms with Crippen molar-refractivity contribution >= 4 is 27.1 Å². The van der Waals surface area contributed by atoms with Gasteiger partial charge in [0.2, 0.25) is 5.91 Å². The SMILES string of the molecule is CC(CS(C)(=O)=O)N(C)C(=O)CCCc1cccs1. The highest BCUT2D eigenvalue weighted by Gasteiger charge is 2.19. The van der Waals surface area contributed by atoms with Crippen molar-refractivity contribution in [3.8, 4) is 0 Å². The summed E-state index contributed by atoms with van der Waals surface area (Å²) in [6.45, 7) is 1.76. The first-order chi connectivity index (χ1) is 8.79. The van der Waals surface area contributed by atoms with Gasteiger partial charge < -0.3 is 4.90 Å².